The number of fused-ring (bicyclic) bond motifs is 4. The van der Waals surface area contributed by atoms with Crippen molar-refractivity contribution in [2.75, 3.05) is 6.61 Å². The van der Waals surface area contributed by atoms with E-state index in [1.807, 2.05) is 51.1 Å². The Morgan fingerprint density at radius 1 is 0.973 bits per heavy atom. The zero-order chi connectivity index (χ0) is 26.2. The highest BCUT2D eigenvalue weighted by molar-refractivity contribution is 5.97. The topological polar surface area (TPSA) is 88.4 Å². The molecule has 0 fully saturated rings. The number of ether oxygens (including phenoxy) is 1. The van der Waals surface area contributed by atoms with Gasteiger partial charge >= 0.3 is 5.69 Å². The summed E-state index contributed by atoms with van der Waals surface area (Å²) < 4.78 is 16.9. The van der Waals surface area contributed by atoms with Crippen molar-refractivity contribution in [1.82, 2.24) is 13.7 Å². The maximum atomic E-state index is 13.7. The van der Waals surface area contributed by atoms with Crippen molar-refractivity contribution < 1.29 is 9.15 Å². The van der Waals surface area contributed by atoms with E-state index in [1.54, 1.807) is 25.2 Å². The third-order valence-electron chi connectivity index (χ3n) is 7.35. The molecule has 8 nitrogen and oxygen atoms in total. The van der Waals surface area contributed by atoms with Crippen molar-refractivity contribution in [2.45, 2.75) is 32.4 Å². The highest BCUT2D eigenvalue weighted by Gasteiger charge is 2.41. The lowest BCUT2D eigenvalue weighted by Gasteiger charge is -2.39. The minimum atomic E-state index is -0.840. The summed E-state index contributed by atoms with van der Waals surface area (Å²) >= 11 is 0. The van der Waals surface area contributed by atoms with E-state index in [0.29, 0.717) is 38.8 Å². The number of hydrogen-bond acceptors (Lipinski definition) is 5. The first kappa shape index (κ1) is 23.2. The predicted molar refractivity (Wildman–Crippen MR) is 142 cm³/mol. The van der Waals surface area contributed by atoms with Gasteiger partial charge in [0, 0.05) is 14.1 Å². The van der Waals surface area contributed by atoms with Gasteiger partial charge in [-0.25, -0.2) is 4.79 Å². The van der Waals surface area contributed by atoms with Crippen LogP contribution in [0.25, 0.3) is 33.1 Å². The van der Waals surface area contributed by atoms with Crippen LogP contribution in [0.4, 0.5) is 0 Å². The number of aryl methyl sites for hydroxylation is 2. The average molecular weight is 498 g/mol. The van der Waals surface area contributed by atoms with Crippen molar-refractivity contribution in [1.29, 1.82) is 0 Å². The van der Waals surface area contributed by atoms with Gasteiger partial charge in [-0.3, -0.25) is 18.7 Å². The molecule has 0 saturated carbocycles. The van der Waals surface area contributed by atoms with Gasteiger partial charge in [0.05, 0.1) is 45.4 Å². The van der Waals surface area contributed by atoms with Crippen molar-refractivity contribution in [3.05, 3.63) is 103 Å². The van der Waals surface area contributed by atoms with E-state index in [9.17, 15) is 14.4 Å². The second-order valence-corrected chi connectivity index (χ2v) is 10.4. The highest BCUT2D eigenvalue weighted by Crippen LogP contribution is 2.45. The molecule has 6 rings (SSSR count). The Kier molecular flexibility index (Phi) is 4.97. The van der Waals surface area contributed by atoms with Crippen molar-refractivity contribution in [3.8, 4) is 11.3 Å². The number of rotatable bonds is 2. The summed E-state index contributed by atoms with van der Waals surface area (Å²) in [4.78, 5) is 40.5. The van der Waals surface area contributed by atoms with Gasteiger partial charge in [0.1, 0.15) is 18.0 Å². The number of benzene rings is 2. The molecule has 4 heterocycles. The summed E-state index contributed by atoms with van der Waals surface area (Å²) in [6, 6.07) is 15.0. The van der Waals surface area contributed by atoms with Gasteiger partial charge in [-0.15, -0.1) is 0 Å². The fraction of sp³-hybridized carbons (Fsp3) is 0.276. The number of para-hydroxylation sites is 1. The largest absolute Gasteiger partial charge is 0.464 e. The Hall–Kier alpha value is -4.17. The van der Waals surface area contributed by atoms with E-state index in [-0.39, 0.29) is 12.0 Å². The molecule has 3 aromatic heterocycles. The molecule has 1 aliphatic heterocycles. The highest BCUT2D eigenvalue weighted by atomic mass is 16.5. The summed E-state index contributed by atoms with van der Waals surface area (Å²) in [5, 5.41) is 0.860. The molecule has 2 aromatic carbocycles. The van der Waals surface area contributed by atoms with E-state index in [1.165, 1.54) is 17.9 Å². The summed E-state index contributed by atoms with van der Waals surface area (Å²) in [7, 11) is 3.13. The van der Waals surface area contributed by atoms with Crippen LogP contribution in [0.5, 0.6) is 0 Å². The fourth-order valence-corrected chi connectivity index (χ4v) is 5.57. The Balaban J connectivity index is 1.82. The lowest BCUT2D eigenvalue weighted by Crippen LogP contribution is -2.41. The first-order valence-electron chi connectivity index (χ1n) is 12.2. The molecule has 1 aliphatic rings. The zero-order valence-electron chi connectivity index (χ0n) is 21.4. The van der Waals surface area contributed by atoms with E-state index in [0.717, 1.165) is 15.7 Å². The quantitative estimate of drug-likeness (QED) is 0.368. The summed E-state index contributed by atoms with van der Waals surface area (Å²) in [5.74, 6) is 0. The molecule has 5 aromatic rings. The summed E-state index contributed by atoms with van der Waals surface area (Å²) in [5.41, 5.74) is 2.80. The van der Waals surface area contributed by atoms with Crippen LogP contribution in [-0.4, -0.2) is 20.3 Å². The van der Waals surface area contributed by atoms with Crippen LogP contribution in [0.1, 0.15) is 36.8 Å². The van der Waals surface area contributed by atoms with Crippen molar-refractivity contribution in [2.24, 2.45) is 14.1 Å². The van der Waals surface area contributed by atoms with E-state index in [2.05, 4.69) is 4.57 Å². The number of aromatic nitrogens is 3. The van der Waals surface area contributed by atoms with Crippen molar-refractivity contribution >= 4 is 21.9 Å². The minimum absolute atomic E-state index is 0.210. The second-order valence-electron chi connectivity index (χ2n) is 10.4. The lowest BCUT2D eigenvalue weighted by molar-refractivity contribution is -0.00811. The number of hydrogen-bond donors (Lipinski definition) is 0. The standard InChI is InChI=1S/C29H27N3O5/c1-16-9-8-10-17(13-16)22-21-23(30(4)28(35)31(5)27(21)34)24-26(37-15-29(2,3)32(22)24)19-14-36-20-12-7-6-11-18(20)25(19)33/h6-14,26H,15H2,1-5H3/t26-/m0/s1. The van der Waals surface area contributed by atoms with Crippen LogP contribution in [0.15, 0.2) is 73.6 Å². The second kappa shape index (κ2) is 7.91. The molecule has 188 valence electrons. The average Bonchev–Trinajstić information content (AvgIpc) is 3.25. The molecule has 37 heavy (non-hydrogen) atoms. The Morgan fingerprint density at radius 3 is 2.49 bits per heavy atom. The van der Waals surface area contributed by atoms with Gasteiger partial charge < -0.3 is 13.7 Å². The first-order valence-corrected chi connectivity index (χ1v) is 12.2. The summed E-state index contributed by atoms with van der Waals surface area (Å²) in [6.45, 7) is 6.33. The maximum absolute atomic E-state index is 13.7. The molecule has 0 radical (unpaired) electrons. The molecular formula is C29H27N3O5. The Morgan fingerprint density at radius 2 is 1.73 bits per heavy atom. The van der Waals surface area contributed by atoms with Gasteiger partial charge in [0.25, 0.3) is 5.56 Å². The molecule has 0 unspecified atom stereocenters. The lowest BCUT2D eigenvalue weighted by atomic mass is 9.98. The third-order valence-corrected chi connectivity index (χ3v) is 7.35. The van der Waals surface area contributed by atoms with Gasteiger partial charge in [-0.05, 0) is 44.5 Å². The number of nitrogens with zero attached hydrogens (tertiary/aromatic N) is 3. The van der Waals surface area contributed by atoms with Gasteiger partial charge in [-0.1, -0.05) is 35.9 Å². The molecule has 8 heteroatoms. The molecule has 1 atom stereocenters. The smallest absolute Gasteiger partial charge is 0.331 e. The van der Waals surface area contributed by atoms with E-state index >= 15 is 0 Å². The van der Waals surface area contributed by atoms with Gasteiger partial charge in [0.15, 0.2) is 5.43 Å². The predicted octanol–water partition coefficient (Wildman–Crippen LogP) is 3.98. The normalized spacial score (nSPS) is 16.8. The van der Waals surface area contributed by atoms with E-state index < -0.39 is 22.9 Å². The van der Waals surface area contributed by atoms with Crippen molar-refractivity contribution in [3.63, 3.8) is 0 Å². The SMILES string of the molecule is Cc1cccc(-c2c3c(=O)n(C)c(=O)n(C)c3c3n2C(C)(C)CO[C@H]3c2coc3ccccc3c2=O)c1. The van der Waals surface area contributed by atoms with Crippen LogP contribution >= 0.6 is 0 Å². The van der Waals surface area contributed by atoms with Gasteiger partial charge in [0.2, 0.25) is 0 Å². The molecule has 0 spiro atoms. The third kappa shape index (κ3) is 3.22. The van der Waals surface area contributed by atoms with Crippen LogP contribution in [0.3, 0.4) is 0 Å². The molecule has 0 aliphatic carbocycles. The van der Waals surface area contributed by atoms with Crippen LogP contribution in [0.2, 0.25) is 0 Å². The Bertz CT molecular complexity index is 1920. The van der Waals surface area contributed by atoms with Crippen LogP contribution in [0, 0.1) is 6.92 Å². The zero-order valence-corrected chi connectivity index (χ0v) is 21.4. The maximum Gasteiger partial charge on any atom is 0.331 e. The monoisotopic (exact) mass is 497 g/mol. The molecule has 0 N–H and O–H groups in total. The Labute approximate surface area is 212 Å². The molecular weight excluding hydrogens is 470 g/mol. The molecule has 0 saturated heterocycles. The minimum Gasteiger partial charge on any atom is -0.464 e. The first-order chi connectivity index (χ1) is 17.6. The molecule has 0 amide bonds. The van der Waals surface area contributed by atoms with Gasteiger partial charge in [-0.2, -0.15) is 0 Å². The van der Waals surface area contributed by atoms with Crippen LogP contribution in [-0.2, 0) is 24.4 Å². The molecule has 0 bridgehead atoms. The fourth-order valence-electron chi connectivity index (χ4n) is 5.57. The van der Waals surface area contributed by atoms with E-state index in [4.69, 9.17) is 9.15 Å². The van der Waals surface area contributed by atoms with Crippen LogP contribution < -0.4 is 16.7 Å². The summed E-state index contributed by atoms with van der Waals surface area (Å²) in [6.07, 6.45) is 0.593.